The Morgan fingerprint density at radius 2 is 1.76 bits per heavy atom. The number of hydrogen-bond acceptors (Lipinski definition) is 3. The molecule has 0 spiro atoms. The maximum absolute atomic E-state index is 13.8. The van der Waals surface area contributed by atoms with Crippen molar-refractivity contribution in [3.63, 3.8) is 0 Å². The molecule has 0 unspecified atom stereocenters. The van der Waals surface area contributed by atoms with E-state index in [4.69, 9.17) is 11.6 Å². The number of carbonyl (C=O) groups excluding carboxylic acids is 2. The molecule has 1 N–H and O–H groups in total. The van der Waals surface area contributed by atoms with Gasteiger partial charge in [-0.3, -0.25) is 14.5 Å². The number of halogens is 1. The molecular formula is C29H27ClN2O2. The fraction of sp³-hybridized carbons (Fsp3) is 0.241. The molecule has 2 aliphatic rings. The summed E-state index contributed by atoms with van der Waals surface area (Å²) in [7, 11) is 0. The van der Waals surface area contributed by atoms with Crippen molar-refractivity contribution >= 4 is 34.7 Å². The molecule has 3 aromatic carbocycles. The number of nitrogens with zero attached hydrogens (tertiary/aromatic N) is 1. The zero-order valence-corrected chi connectivity index (χ0v) is 20.1. The van der Waals surface area contributed by atoms with Crippen LogP contribution in [0.15, 0.2) is 84.1 Å². The molecule has 1 aliphatic heterocycles. The number of anilines is 2. The van der Waals surface area contributed by atoms with E-state index in [1.807, 2.05) is 55.5 Å². The molecular weight excluding hydrogens is 444 g/mol. The number of nitrogens with one attached hydrogen (secondary N) is 1. The van der Waals surface area contributed by atoms with Gasteiger partial charge >= 0.3 is 0 Å². The summed E-state index contributed by atoms with van der Waals surface area (Å²) in [5.41, 5.74) is 6.33. The second-order valence-corrected chi connectivity index (χ2v) is 9.48. The van der Waals surface area contributed by atoms with Gasteiger partial charge in [-0.2, -0.15) is 0 Å². The average Bonchev–Trinajstić information content (AvgIpc) is 2.98. The Balaban J connectivity index is 1.70. The van der Waals surface area contributed by atoms with Crippen LogP contribution in [0.4, 0.5) is 11.4 Å². The van der Waals surface area contributed by atoms with Gasteiger partial charge in [0.25, 0.3) is 0 Å². The summed E-state index contributed by atoms with van der Waals surface area (Å²) >= 11 is 6.37. The Morgan fingerprint density at radius 1 is 1.00 bits per heavy atom. The van der Waals surface area contributed by atoms with Gasteiger partial charge in [-0.15, -0.1) is 0 Å². The number of carbonyl (C=O) groups is 2. The molecule has 1 aliphatic carbocycles. The molecule has 5 heteroatoms. The topological polar surface area (TPSA) is 49.4 Å². The zero-order chi connectivity index (χ0) is 23.8. The molecule has 1 amide bonds. The highest BCUT2D eigenvalue weighted by Gasteiger charge is 2.41. The van der Waals surface area contributed by atoms with Crippen molar-refractivity contribution in [2.45, 2.75) is 45.1 Å². The maximum atomic E-state index is 13.8. The van der Waals surface area contributed by atoms with E-state index < -0.39 is 6.04 Å². The monoisotopic (exact) mass is 470 g/mol. The molecule has 4 nitrogen and oxygen atoms in total. The van der Waals surface area contributed by atoms with Crippen LogP contribution in [0.2, 0.25) is 5.02 Å². The van der Waals surface area contributed by atoms with E-state index in [-0.39, 0.29) is 17.6 Å². The Morgan fingerprint density at radius 3 is 2.50 bits per heavy atom. The summed E-state index contributed by atoms with van der Waals surface area (Å²) < 4.78 is 0. The van der Waals surface area contributed by atoms with Crippen LogP contribution in [0.25, 0.3) is 0 Å². The van der Waals surface area contributed by atoms with Gasteiger partial charge < -0.3 is 5.32 Å². The Kier molecular flexibility index (Phi) is 6.01. The van der Waals surface area contributed by atoms with E-state index in [2.05, 4.69) is 36.5 Å². The lowest BCUT2D eigenvalue weighted by Gasteiger charge is -2.35. The normalized spacial score (nSPS) is 19.7. The van der Waals surface area contributed by atoms with Crippen LogP contribution in [-0.2, 0) is 9.59 Å². The molecule has 2 atom stereocenters. The predicted octanol–water partition coefficient (Wildman–Crippen LogP) is 6.96. The van der Waals surface area contributed by atoms with Crippen molar-refractivity contribution in [2.75, 3.05) is 10.2 Å². The highest BCUT2D eigenvalue weighted by molar-refractivity contribution is 6.30. The maximum Gasteiger partial charge on any atom is 0.227 e. The molecule has 0 saturated carbocycles. The number of ketones is 1. The van der Waals surface area contributed by atoms with Crippen molar-refractivity contribution in [3.8, 4) is 0 Å². The third-order valence-corrected chi connectivity index (χ3v) is 7.01. The first kappa shape index (κ1) is 22.4. The number of para-hydroxylation sites is 2. The molecule has 0 saturated heterocycles. The first-order valence-corrected chi connectivity index (χ1v) is 12.1. The van der Waals surface area contributed by atoms with Gasteiger partial charge in [-0.1, -0.05) is 72.6 Å². The van der Waals surface area contributed by atoms with E-state index in [1.165, 1.54) is 5.56 Å². The van der Waals surface area contributed by atoms with Crippen LogP contribution in [0.5, 0.6) is 0 Å². The lowest BCUT2D eigenvalue weighted by atomic mass is 9.78. The summed E-state index contributed by atoms with van der Waals surface area (Å²) in [5.74, 6) is 0.104. The molecule has 0 bridgehead atoms. The fourth-order valence-electron chi connectivity index (χ4n) is 5.10. The third kappa shape index (κ3) is 4.03. The molecule has 0 aromatic heterocycles. The van der Waals surface area contributed by atoms with Gasteiger partial charge in [0, 0.05) is 29.1 Å². The first-order chi connectivity index (χ1) is 16.5. The molecule has 0 radical (unpaired) electrons. The summed E-state index contributed by atoms with van der Waals surface area (Å²) in [6, 6.07) is 23.2. The second kappa shape index (κ2) is 9.11. The Bertz CT molecular complexity index is 1300. The van der Waals surface area contributed by atoms with Gasteiger partial charge in [-0.05, 0) is 54.7 Å². The summed E-state index contributed by atoms with van der Waals surface area (Å²) in [6.07, 6.45) is 1.43. The Labute approximate surface area is 205 Å². The van der Waals surface area contributed by atoms with Gasteiger partial charge in [0.15, 0.2) is 5.78 Å². The molecule has 0 fully saturated rings. The number of hydrogen-bond donors (Lipinski definition) is 1. The fourth-order valence-corrected chi connectivity index (χ4v) is 5.30. The number of fused-ring (bicyclic) bond motifs is 1. The second-order valence-electron chi connectivity index (χ2n) is 9.05. The van der Waals surface area contributed by atoms with E-state index in [0.717, 1.165) is 28.2 Å². The van der Waals surface area contributed by atoms with Gasteiger partial charge in [0.2, 0.25) is 5.91 Å². The van der Waals surface area contributed by atoms with Gasteiger partial charge in [0.05, 0.1) is 17.4 Å². The highest BCUT2D eigenvalue weighted by Crippen LogP contribution is 2.47. The number of aryl methyl sites for hydroxylation is 1. The van der Waals surface area contributed by atoms with E-state index >= 15 is 0 Å². The standard InChI is InChI=1S/C29H27ClN2O2/c1-3-27(34)32-25-10-5-4-9-23(25)31-24-16-21(19-13-11-18(2)12-14-19)17-26(33)28(24)29(32)20-7-6-8-22(30)15-20/h4-15,21,29,31H,3,16-17H2,1-2H3/t21-,29-/m0/s1. The minimum atomic E-state index is -0.538. The lowest BCUT2D eigenvalue weighted by Crippen LogP contribution is -2.38. The highest BCUT2D eigenvalue weighted by atomic mass is 35.5. The van der Waals surface area contributed by atoms with Crippen LogP contribution >= 0.6 is 11.6 Å². The summed E-state index contributed by atoms with van der Waals surface area (Å²) in [4.78, 5) is 29.0. The average molecular weight is 471 g/mol. The van der Waals surface area contributed by atoms with Crippen LogP contribution < -0.4 is 10.2 Å². The predicted molar refractivity (Wildman–Crippen MR) is 137 cm³/mol. The minimum absolute atomic E-state index is 0.0403. The quantitative estimate of drug-likeness (QED) is 0.450. The molecule has 1 heterocycles. The van der Waals surface area contributed by atoms with Crippen LogP contribution in [0.3, 0.4) is 0 Å². The van der Waals surface area contributed by atoms with Crippen molar-refractivity contribution in [1.82, 2.24) is 0 Å². The van der Waals surface area contributed by atoms with Crippen LogP contribution in [-0.4, -0.2) is 11.7 Å². The van der Waals surface area contributed by atoms with Crippen molar-refractivity contribution in [3.05, 3.63) is 106 Å². The number of Topliss-reactive ketones (excluding diaryl/α,β-unsaturated/α-hetero) is 1. The third-order valence-electron chi connectivity index (χ3n) is 6.77. The van der Waals surface area contributed by atoms with E-state index in [9.17, 15) is 9.59 Å². The number of benzene rings is 3. The molecule has 172 valence electrons. The van der Waals surface area contributed by atoms with Crippen molar-refractivity contribution < 1.29 is 9.59 Å². The van der Waals surface area contributed by atoms with Crippen LogP contribution in [0, 0.1) is 6.92 Å². The lowest BCUT2D eigenvalue weighted by molar-refractivity contribution is -0.119. The van der Waals surface area contributed by atoms with E-state index in [0.29, 0.717) is 29.9 Å². The largest absolute Gasteiger partial charge is 0.357 e. The van der Waals surface area contributed by atoms with E-state index in [1.54, 1.807) is 4.90 Å². The smallest absolute Gasteiger partial charge is 0.227 e. The number of rotatable bonds is 3. The van der Waals surface area contributed by atoms with Crippen LogP contribution in [0.1, 0.15) is 54.8 Å². The SMILES string of the molecule is CCC(=O)N1c2ccccc2NC2=C(C(=O)C[C@@H](c3ccc(C)cc3)C2)[C@@H]1c1cccc(Cl)c1. The van der Waals surface area contributed by atoms with Gasteiger partial charge in [-0.25, -0.2) is 0 Å². The first-order valence-electron chi connectivity index (χ1n) is 11.7. The molecule has 3 aromatic rings. The minimum Gasteiger partial charge on any atom is -0.357 e. The molecule has 5 rings (SSSR count). The van der Waals surface area contributed by atoms with Crippen molar-refractivity contribution in [2.24, 2.45) is 0 Å². The molecule has 34 heavy (non-hydrogen) atoms. The summed E-state index contributed by atoms with van der Waals surface area (Å²) in [6.45, 7) is 3.92. The number of amides is 1. The van der Waals surface area contributed by atoms with Crippen molar-refractivity contribution in [1.29, 1.82) is 0 Å². The summed E-state index contributed by atoms with van der Waals surface area (Å²) in [5, 5.41) is 4.14. The Hall–Kier alpha value is -3.37. The zero-order valence-electron chi connectivity index (χ0n) is 19.3. The van der Waals surface area contributed by atoms with Gasteiger partial charge in [0.1, 0.15) is 0 Å². The number of allylic oxidation sites excluding steroid dienone is 1.